The Labute approximate surface area is 533 Å². The third-order valence-corrected chi connectivity index (χ3v) is 17.1. The van der Waals surface area contributed by atoms with E-state index in [1.165, 1.54) is 77.0 Å². The van der Waals surface area contributed by atoms with Crippen LogP contribution < -0.4 is 25.5 Å². The van der Waals surface area contributed by atoms with Crippen molar-refractivity contribution in [1.29, 1.82) is 0 Å². The van der Waals surface area contributed by atoms with Gasteiger partial charge in [0.25, 0.3) is 5.91 Å². The maximum absolute atomic E-state index is 14.0. The van der Waals surface area contributed by atoms with Crippen LogP contribution in [0, 0.1) is 0 Å². The van der Waals surface area contributed by atoms with Crippen LogP contribution in [-0.4, -0.2) is 101 Å². The zero-order chi connectivity index (χ0) is 64.2. The fourth-order valence-corrected chi connectivity index (χ4v) is 11.7. The van der Waals surface area contributed by atoms with E-state index in [0.717, 1.165) is 131 Å². The first kappa shape index (κ1) is 75.7. The van der Waals surface area contributed by atoms with Gasteiger partial charge in [-0.1, -0.05) is 159 Å². The minimum absolute atomic E-state index is 0.000931. The zero-order valence-electron chi connectivity index (χ0n) is 55.3. The molecule has 0 saturated carbocycles. The van der Waals surface area contributed by atoms with E-state index in [9.17, 15) is 28.6 Å². The quantitative estimate of drug-likeness (QED) is 0.00719. The van der Waals surface area contributed by atoms with Crippen molar-refractivity contribution in [3.8, 4) is 22.5 Å². The molecule has 496 valence electrons. The number of allylic oxidation sites excluding steroid dienone is 4. The van der Waals surface area contributed by atoms with Crippen LogP contribution in [0.5, 0.6) is 0 Å². The van der Waals surface area contributed by atoms with Crippen LogP contribution in [0.15, 0.2) is 89.4 Å². The van der Waals surface area contributed by atoms with Gasteiger partial charge in [0, 0.05) is 72.4 Å². The molecule has 1 aliphatic heterocycles. The summed E-state index contributed by atoms with van der Waals surface area (Å²) in [7, 11) is -4.73. The van der Waals surface area contributed by atoms with Crippen molar-refractivity contribution in [3.05, 3.63) is 95.9 Å². The molecule has 2 aromatic rings. The summed E-state index contributed by atoms with van der Waals surface area (Å²) in [5.74, 6) is -0.638. The van der Waals surface area contributed by atoms with Crippen molar-refractivity contribution < 1.29 is 56.3 Å². The highest BCUT2D eigenvalue weighted by molar-refractivity contribution is 7.47. The third kappa shape index (κ3) is 30.7. The number of nitrogens with one attached hydrogen (secondary N) is 2. The molecule has 0 bridgehead atoms. The van der Waals surface area contributed by atoms with Gasteiger partial charge < -0.3 is 39.1 Å². The Morgan fingerprint density at radius 2 is 1.13 bits per heavy atom. The van der Waals surface area contributed by atoms with Gasteiger partial charge in [0.05, 0.1) is 25.8 Å². The highest BCUT2D eigenvalue weighted by atomic mass is 31.2. The molecule has 0 fully saturated rings. The van der Waals surface area contributed by atoms with E-state index in [1.807, 2.05) is 18.2 Å². The summed E-state index contributed by atoms with van der Waals surface area (Å²) in [5.41, 5.74) is 4.61. The van der Waals surface area contributed by atoms with Crippen molar-refractivity contribution >= 4 is 48.4 Å². The summed E-state index contributed by atoms with van der Waals surface area (Å²) in [6.07, 6.45) is 37.0. The molecule has 1 aliphatic carbocycles. The predicted octanol–water partition coefficient (Wildman–Crippen LogP) is 17.0. The van der Waals surface area contributed by atoms with Crippen LogP contribution in [0.25, 0.3) is 33.4 Å². The molecule has 17 heteroatoms. The topological polar surface area (TPSA) is 195 Å². The van der Waals surface area contributed by atoms with Gasteiger partial charge in [0.15, 0.2) is 6.10 Å². The van der Waals surface area contributed by atoms with E-state index < -0.39 is 45.2 Å². The minimum atomic E-state index is -4.73. The largest absolute Gasteiger partial charge is 0.472 e. The van der Waals surface area contributed by atoms with Crippen molar-refractivity contribution in [3.63, 3.8) is 0 Å². The fourth-order valence-electron chi connectivity index (χ4n) is 10.9. The number of rotatable bonds is 50. The first-order valence-corrected chi connectivity index (χ1v) is 35.8. The number of nitrogens with zero attached hydrogens (tertiary/aromatic N) is 2. The first-order chi connectivity index (χ1) is 43.4. The van der Waals surface area contributed by atoms with E-state index in [4.69, 9.17) is 27.7 Å². The second-order valence-corrected chi connectivity index (χ2v) is 24.6. The Bertz CT molecular complexity index is 2790. The molecule has 0 spiro atoms. The second kappa shape index (κ2) is 46.3. The van der Waals surface area contributed by atoms with Crippen molar-refractivity contribution in [2.75, 3.05) is 70.6 Å². The fraction of sp³-hybridized carbons (Fsp3) is 0.625. The maximum atomic E-state index is 14.0. The molecule has 1 unspecified atom stereocenters. The lowest BCUT2D eigenvalue weighted by molar-refractivity contribution is -0.161. The molecular weight excluding hydrogens is 1140 g/mol. The molecule has 1 heterocycles. The predicted molar refractivity (Wildman–Crippen MR) is 361 cm³/mol. The summed E-state index contributed by atoms with van der Waals surface area (Å²) in [5, 5.41) is 7.25. The van der Waals surface area contributed by atoms with Crippen LogP contribution in [0.3, 0.4) is 0 Å². The van der Waals surface area contributed by atoms with E-state index in [0.29, 0.717) is 35.3 Å². The molecule has 89 heavy (non-hydrogen) atoms. The monoisotopic (exact) mass is 1260 g/mol. The van der Waals surface area contributed by atoms with Crippen LogP contribution in [0.1, 0.15) is 232 Å². The number of carbonyl (C=O) groups is 4. The van der Waals surface area contributed by atoms with Gasteiger partial charge in [0.1, 0.15) is 37.6 Å². The number of phosphoric acid groups is 1. The average molecular weight is 1260 g/mol. The maximum Gasteiger partial charge on any atom is 0.472 e. The Balaban J connectivity index is 1.22. The summed E-state index contributed by atoms with van der Waals surface area (Å²) < 4.78 is 48.7. The van der Waals surface area contributed by atoms with Crippen LogP contribution in [0.2, 0.25) is 0 Å². The van der Waals surface area contributed by atoms with Gasteiger partial charge in [-0.05, 0) is 122 Å². The molecule has 0 saturated heterocycles. The van der Waals surface area contributed by atoms with E-state index >= 15 is 0 Å². The molecule has 2 aromatic carbocycles. The molecule has 2 atom stereocenters. The number of fused-ring (bicyclic) bond motifs is 2. The average Bonchev–Trinajstić information content (AvgIpc) is 1.15. The molecule has 4 rings (SSSR count). The van der Waals surface area contributed by atoms with Crippen molar-refractivity contribution in [2.45, 2.75) is 227 Å². The van der Waals surface area contributed by atoms with Gasteiger partial charge in [-0.3, -0.25) is 23.4 Å². The van der Waals surface area contributed by atoms with E-state index in [2.05, 4.69) is 122 Å². The number of alkyl carbamates (subject to hydrolysis) is 1. The molecule has 2 amide bonds. The molecule has 0 radical (unpaired) electrons. The number of hydrogen-bond donors (Lipinski definition) is 3. The number of amides is 2. The van der Waals surface area contributed by atoms with Gasteiger partial charge in [-0.2, -0.15) is 0 Å². The Kier molecular flexibility index (Phi) is 39.4. The smallest absolute Gasteiger partial charge is 0.462 e. The van der Waals surface area contributed by atoms with Crippen LogP contribution in [-0.2, 0) is 37.4 Å². The van der Waals surface area contributed by atoms with Gasteiger partial charge >= 0.3 is 25.9 Å². The second-order valence-electron chi connectivity index (χ2n) is 23.1. The zero-order valence-corrected chi connectivity index (χ0v) is 56.2. The lowest BCUT2D eigenvalue weighted by Gasteiger charge is -2.22. The summed E-state index contributed by atoms with van der Waals surface area (Å²) in [6.45, 7) is 14.6. The van der Waals surface area contributed by atoms with Crippen LogP contribution in [0.4, 0.5) is 10.5 Å². The minimum Gasteiger partial charge on any atom is -0.462 e. The van der Waals surface area contributed by atoms with Crippen molar-refractivity contribution in [1.82, 2.24) is 15.2 Å². The molecular formula is C72H112N4O12P+. The molecule has 0 aromatic heterocycles. The summed E-state index contributed by atoms with van der Waals surface area (Å²) in [4.78, 5) is 65.3. The van der Waals surface area contributed by atoms with Gasteiger partial charge in [-0.15, -0.1) is 0 Å². The Morgan fingerprint density at radius 1 is 0.584 bits per heavy atom. The van der Waals surface area contributed by atoms with Crippen LogP contribution >= 0.6 is 7.82 Å². The first-order valence-electron chi connectivity index (χ1n) is 34.3. The number of esters is 2. The highest BCUT2D eigenvalue weighted by Crippen LogP contribution is 2.44. The molecule has 16 nitrogen and oxygen atoms in total. The number of unbranched alkanes of at least 4 members (excludes halogenated alkanes) is 22. The Hall–Kier alpha value is -5.80. The number of anilines is 1. The lowest BCUT2D eigenvalue weighted by atomic mass is 9.90. The van der Waals surface area contributed by atoms with E-state index in [1.54, 1.807) is 6.07 Å². The number of hydrogen-bond acceptors (Lipinski definition) is 12. The third-order valence-electron chi connectivity index (χ3n) is 16.1. The Morgan fingerprint density at radius 3 is 1.72 bits per heavy atom. The number of carbonyl (C=O) groups excluding carboxylic acids is 4. The molecule has 3 N–H and O–H groups in total. The van der Waals surface area contributed by atoms with E-state index in [-0.39, 0.29) is 45.1 Å². The SMILES string of the molecule is CCCCCCCC/C=C\CCCCCCCC(=O)OC[C@H](COP(=O)(O)OCCNC(=O)OCCNC(=O)c1ccccc1-c1c2ccc(=[N+](CC)CC)cc-2oc2cc(N(CC)CC)ccc12)OC(=O)CCCCCCC/C=C\CCCCCCCC. The molecule has 2 aliphatic rings. The summed E-state index contributed by atoms with van der Waals surface area (Å²) in [6, 6.07) is 19.8. The highest BCUT2D eigenvalue weighted by Gasteiger charge is 2.27. The lowest BCUT2D eigenvalue weighted by Crippen LogP contribution is -2.32. The normalized spacial score (nSPS) is 12.6. The van der Waals surface area contributed by atoms with Gasteiger partial charge in [-0.25, -0.2) is 13.9 Å². The summed E-state index contributed by atoms with van der Waals surface area (Å²) >= 11 is 0. The standard InChI is InChI=1S/C72H111N4O12P/c1-7-13-15-17-19-21-23-25-27-29-31-33-35-37-39-45-68(77)84-57-61(87-69(78)46-40-38-36-34-32-30-28-26-24-22-20-18-16-14-8-2)58-86-89(81,82)85-54-52-74-72(80)83-53-51-73-71(79)63-44-42-41-43-62(63)70-64-49-47-59(75(9-3)10-4)55-66(64)88-67-56-60(48-50-65(67)70)76(11-5)12-6/h25-28,41-44,47-50,55-56,61H,7-24,29-40,45-46,51-54,57-58H2,1-6H3,(H2-,73,74,79,80,81,82)/p+1/b27-25-,28-26-/t61-/m1/s1. The number of phosphoric ester groups is 1. The number of benzene rings is 3. The van der Waals surface area contributed by atoms with Crippen molar-refractivity contribution in [2.24, 2.45) is 0 Å². The van der Waals surface area contributed by atoms with Gasteiger partial charge in [0.2, 0.25) is 5.36 Å². The number of ether oxygens (including phenoxy) is 3.